The number of carbonyl (C=O) groups is 1. The Labute approximate surface area is 121 Å². The highest BCUT2D eigenvalue weighted by molar-refractivity contribution is 8.00. The van der Waals surface area contributed by atoms with Crippen LogP contribution in [0.4, 0.5) is 0 Å². The topological polar surface area (TPSA) is 49.3 Å². The second kappa shape index (κ2) is 10.6. The van der Waals surface area contributed by atoms with Gasteiger partial charge in [-0.3, -0.25) is 10.1 Å². The minimum Gasteiger partial charge on any atom is -0.480 e. The molecule has 0 aromatic rings. The van der Waals surface area contributed by atoms with Crippen molar-refractivity contribution in [2.75, 3.05) is 5.75 Å². The fraction of sp³-hybridized carbons (Fsp3) is 0.933. The average Bonchev–Trinajstić information content (AvgIpc) is 2.86. The second-order valence-electron chi connectivity index (χ2n) is 5.50. The summed E-state index contributed by atoms with van der Waals surface area (Å²) in [6.07, 6.45) is 13.2. The van der Waals surface area contributed by atoms with Crippen LogP contribution in [-0.4, -0.2) is 28.2 Å². The SMILES string of the molecule is CCCCCCCCCCCC1NC(C(=O)O)CS1. The van der Waals surface area contributed by atoms with E-state index in [0.717, 1.165) is 12.2 Å². The van der Waals surface area contributed by atoms with E-state index in [9.17, 15) is 4.79 Å². The van der Waals surface area contributed by atoms with Gasteiger partial charge in [-0.05, 0) is 6.42 Å². The quantitative estimate of drug-likeness (QED) is 0.563. The molecule has 0 aromatic heterocycles. The zero-order valence-electron chi connectivity index (χ0n) is 12.2. The Hall–Kier alpha value is -0.220. The second-order valence-corrected chi connectivity index (χ2v) is 6.73. The van der Waals surface area contributed by atoms with Gasteiger partial charge >= 0.3 is 5.97 Å². The molecule has 3 nitrogen and oxygen atoms in total. The summed E-state index contributed by atoms with van der Waals surface area (Å²) in [5.74, 6) is 0.0133. The fourth-order valence-corrected chi connectivity index (χ4v) is 3.74. The third-order valence-corrected chi connectivity index (χ3v) is 5.02. The average molecular weight is 287 g/mol. The van der Waals surface area contributed by atoms with E-state index >= 15 is 0 Å². The normalized spacial score (nSPS) is 22.8. The maximum Gasteiger partial charge on any atom is 0.321 e. The molecule has 1 fully saturated rings. The smallest absolute Gasteiger partial charge is 0.321 e. The van der Waals surface area contributed by atoms with Crippen LogP contribution in [0.5, 0.6) is 0 Å². The molecular weight excluding hydrogens is 258 g/mol. The zero-order chi connectivity index (χ0) is 13.9. The van der Waals surface area contributed by atoms with E-state index in [1.807, 2.05) is 0 Å². The number of carboxylic acids is 1. The predicted molar refractivity (Wildman–Crippen MR) is 82.6 cm³/mol. The van der Waals surface area contributed by atoms with Gasteiger partial charge in [0.1, 0.15) is 6.04 Å². The number of hydrogen-bond acceptors (Lipinski definition) is 3. The van der Waals surface area contributed by atoms with Crippen LogP contribution in [0.3, 0.4) is 0 Å². The summed E-state index contributed by atoms with van der Waals surface area (Å²) in [5, 5.41) is 12.4. The van der Waals surface area contributed by atoms with Gasteiger partial charge < -0.3 is 5.11 Å². The van der Waals surface area contributed by atoms with Crippen LogP contribution in [0, 0.1) is 0 Å². The van der Waals surface area contributed by atoms with E-state index in [0.29, 0.717) is 5.37 Å². The summed E-state index contributed by atoms with van der Waals surface area (Å²) in [4.78, 5) is 10.8. The lowest BCUT2D eigenvalue weighted by Gasteiger charge is -2.10. The first-order chi connectivity index (χ1) is 9.24. The Morgan fingerprint density at radius 3 is 2.21 bits per heavy atom. The number of unbranched alkanes of at least 4 members (excludes halogenated alkanes) is 8. The molecule has 4 heteroatoms. The van der Waals surface area contributed by atoms with Crippen molar-refractivity contribution < 1.29 is 9.90 Å². The molecule has 1 aliphatic heterocycles. The molecule has 1 aliphatic rings. The van der Waals surface area contributed by atoms with Crippen LogP contribution < -0.4 is 5.32 Å². The molecule has 1 rings (SSSR count). The number of hydrogen-bond donors (Lipinski definition) is 2. The maximum absolute atomic E-state index is 10.8. The van der Waals surface area contributed by atoms with E-state index in [1.54, 1.807) is 11.8 Å². The first-order valence-electron chi connectivity index (χ1n) is 7.84. The molecule has 2 unspecified atom stereocenters. The van der Waals surface area contributed by atoms with Crippen molar-refractivity contribution >= 4 is 17.7 Å². The van der Waals surface area contributed by atoms with Crippen LogP contribution in [0.15, 0.2) is 0 Å². The van der Waals surface area contributed by atoms with Gasteiger partial charge in [0.25, 0.3) is 0 Å². The Balaban J connectivity index is 1.85. The van der Waals surface area contributed by atoms with Crippen molar-refractivity contribution in [2.24, 2.45) is 0 Å². The van der Waals surface area contributed by atoms with E-state index in [4.69, 9.17) is 5.11 Å². The third kappa shape index (κ3) is 7.83. The summed E-state index contributed by atoms with van der Waals surface area (Å²) in [6, 6.07) is -0.325. The lowest BCUT2D eigenvalue weighted by Crippen LogP contribution is -2.36. The van der Waals surface area contributed by atoms with Crippen LogP contribution in [0.1, 0.15) is 71.1 Å². The number of rotatable bonds is 11. The molecule has 1 saturated heterocycles. The molecule has 0 aromatic carbocycles. The highest BCUT2D eigenvalue weighted by Crippen LogP contribution is 2.23. The number of nitrogens with one attached hydrogen (secondary N) is 1. The maximum atomic E-state index is 10.8. The monoisotopic (exact) mass is 287 g/mol. The van der Waals surface area contributed by atoms with Gasteiger partial charge in [-0.2, -0.15) is 0 Å². The fourth-order valence-electron chi connectivity index (χ4n) is 2.48. The van der Waals surface area contributed by atoms with Gasteiger partial charge in [0.15, 0.2) is 0 Å². The van der Waals surface area contributed by atoms with Crippen LogP contribution >= 0.6 is 11.8 Å². The lowest BCUT2D eigenvalue weighted by atomic mass is 10.1. The molecule has 0 amide bonds. The van der Waals surface area contributed by atoms with Gasteiger partial charge in [-0.1, -0.05) is 64.7 Å². The summed E-state index contributed by atoms with van der Waals surface area (Å²) < 4.78 is 0. The largest absolute Gasteiger partial charge is 0.480 e. The van der Waals surface area contributed by atoms with E-state index in [2.05, 4.69) is 12.2 Å². The van der Waals surface area contributed by atoms with Gasteiger partial charge in [-0.25, -0.2) is 0 Å². The van der Waals surface area contributed by atoms with Crippen molar-refractivity contribution in [3.05, 3.63) is 0 Å². The number of thioether (sulfide) groups is 1. The molecule has 112 valence electrons. The Morgan fingerprint density at radius 1 is 1.11 bits per heavy atom. The number of carboxylic acid groups (broad SMARTS) is 1. The molecule has 0 saturated carbocycles. The van der Waals surface area contributed by atoms with Crippen molar-refractivity contribution in [1.82, 2.24) is 5.32 Å². The molecule has 0 aliphatic carbocycles. The van der Waals surface area contributed by atoms with Crippen molar-refractivity contribution in [3.63, 3.8) is 0 Å². The van der Waals surface area contributed by atoms with E-state index < -0.39 is 5.97 Å². The van der Waals surface area contributed by atoms with Crippen LogP contribution in [-0.2, 0) is 4.79 Å². The van der Waals surface area contributed by atoms with Crippen molar-refractivity contribution in [1.29, 1.82) is 0 Å². The van der Waals surface area contributed by atoms with Gasteiger partial charge in [0, 0.05) is 5.75 Å². The Kier molecular flexibility index (Phi) is 9.35. The summed E-state index contributed by atoms with van der Waals surface area (Å²) in [5.41, 5.74) is 0. The molecule has 0 radical (unpaired) electrons. The third-order valence-electron chi connectivity index (χ3n) is 3.72. The Morgan fingerprint density at radius 2 is 1.68 bits per heavy atom. The van der Waals surface area contributed by atoms with Crippen molar-refractivity contribution in [2.45, 2.75) is 82.5 Å². The zero-order valence-corrected chi connectivity index (χ0v) is 13.0. The van der Waals surface area contributed by atoms with E-state index in [-0.39, 0.29) is 6.04 Å². The highest BCUT2D eigenvalue weighted by atomic mass is 32.2. The standard InChI is InChI=1S/C15H29NO2S/c1-2-3-4-5-6-7-8-9-10-11-14-16-13(12-19-14)15(17)18/h13-14,16H,2-12H2,1H3,(H,17,18). The summed E-state index contributed by atoms with van der Waals surface area (Å²) >= 11 is 1.76. The summed E-state index contributed by atoms with van der Waals surface area (Å²) in [7, 11) is 0. The molecule has 1 heterocycles. The Bertz CT molecular complexity index is 248. The molecular formula is C15H29NO2S. The molecule has 0 bridgehead atoms. The van der Waals surface area contributed by atoms with Crippen molar-refractivity contribution in [3.8, 4) is 0 Å². The first-order valence-corrected chi connectivity index (χ1v) is 8.89. The minimum atomic E-state index is -0.706. The predicted octanol–water partition coefficient (Wildman–Crippen LogP) is 4.02. The molecule has 19 heavy (non-hydrogen) atoms. The molecule has 2 N–H and O–H groups in total. The minimum absolute atomic E-state index is 0.325. The molecule has 2 atom stereocenters. The lowest BCUT2D eigenvalue weighted by molar-refractivity contribution is -0.138. The van der Waals surface area contributed by atoms with E-state index in [1.165, 1.54) is 57.8 Å². The van der Waals surface area contributed by atoms with Crippen LogP contribution in [0.2, 0.25) is 0 Å². The summed E-state index contributed by atoms with van der Waals surface area (Å²) in [6.45, 7) is 2.25. The van der Waals surface area contributed by atoms with Gasteiger partial charge in [0.05, 0.1) is 5.37 Å². The van der Waals surface area contributed by atoms with Crippen LogP contribution in [0.25, 0.3) is 0 Å². The molecule has 0 spiro atoms. The van der Waals surface area contributed by atoms with Gasteiger partial charge in [-0.15, -0.1) is 11.8 Å². The number of aliphatic carboxylic acids is 1. The first kappa shape index (κ1) is 16.8. The highest BCUT2D eigenvalue weighted by Gasteiger charge is 2.28. The van der Waals surface area contributed by atoms with Gasteiger partial charge in [0.2, 0.25) is 0 Å².